The maximum atomic E-state index is 12.1. The molecule has 0 spiro atoms. The Morgan fingerprint density at radius 2 is 1.41 bits per heavy atom. The molecule has 2 rings (SSSR count). The zero-order chi connectivity index (χ0) is 27.7. The second-order valence-electron chi connectivity index (χ2n) is 11.0. The van der Waals surface area contributed by atoms with Gasteiger partial charge < -0.3 is 6.92 Å². The van der Waals surface area contributed by atoms with Gasteiger partial charge >= 0.3 is 23.1 Å². The number of halogens is 4. The molecule has 0 radical (unpaired) electrons. The molecule has 37 heavy (non-hydrogen) atoms. The minimum Gasteiger partial charge on any atom is -0.343 e. The standard InChI is InChI=1S/C13H21ClO.C11H18O.C4H9.C2H5BrCl.ClH2.Mg/c1-10-6-4-8-13(2,3)12(10)11(15)7-5-9-14;1-8-6-5-7-11(3,4)10(8)9(2)12;1-3-4-2;3-1-2-4;;/h4,6,10,12H,5,7-9H2,1-3H3;5-6,8,10H,7H2,1-4H3;1,3-4H2,2H3;4H,1-2H2;1H2;/q;;-1;2*+1;+2. The first-order valence-corrected chi connectivity index (χ1v) is 15.4. The van der Waals surface area contributed by atoms with Crippen LogP contribution in [0.5, 0.6) is 0 Å². The van der Waals surface area contributed by atoms with Crippen LogP contribution < -0.4 is 0 Å². The summed E-state index contributed by atoms with van der Waals surface area (Å²) < 4.78 is 0. The van der Waals surface area contributed by atoms with Crippen LogP contribution in [0.1, 0.15) is 93.9 Å². The molecule has 4 atom stereocenters. The van der Waals surface area contributed by atoms with Crippen LogP contribution in [0.3, 0.4) is 0 Å². The molecule has 0 bridgehead atoms. The van der Waals surface area contributed by atoms with Gasteiger partial charge in [0.2, 0.25) is 0 Å². The zero-order valence-electron chi connectivity index (χ0n) is 24.8. The van der Waals surface area contributed by atoms with Gasteiger partial charge in [-0.2, -0.15) is 6.42 Å². The van der Waals surface area contributed by atoms with Crippen LogP contribution in [0.15, 0.2) is 24.3 Å². The Morgan fingerprint density at radius 1 is 1.03 bits per heavy atom. The number of carbonyl (C=O) groups excluding carboxylic acids is 2. The smallest absolute Gasteiger partial charge is 0.343 e. The Kier molecular flexibility index (Phi) is 30.0. The molecule has 0 aromatic heterocycles. The third kappa shape index (κ3) is 18.8. The third-order valence-electron chi connectivity index (χ3n) is 6.67. The van der Waals surface area contributed by atoms with E-state index in [4.69, 9.17) is 11.6 Å². The van der Waals surface area contributed by atoms with Crippen molar-refractivity contribution in [3.8, 4) is 0 Å². The van der Waals surface area contributed by atoms with Crippen molar-refractivity contribution in [3.05, 3.63) is 31.2 Å². The fraction of sp³-hybridized carbons (Fsp3) is 0.767. The van der Waals surface area contributed by atoms with Crippen LogP contribution in [-0.4, -0.2) is 51.7 Å². The van der Waals surface area contributed by atoms with Crippen molar-refractivity contribution in [2.24, 2.45) is 34.5 Å². The second-order valence-corrected chi connectivity index (χ2v) is 12.6. The van der Waals surface area contributed by atoms with Crippen LogP contribution >= 0.6 is 27.5 Å². The molecular weight excluding hydrogens is 603 g/mol. The first kappa shape index (κ1) is 44.9. The van der Waals surface area contributed by atoms with Crippen LogP contribution in [0, 0.1) is 65.4 Å². The summed E-state index contributed by atoms with van der Waals surface area (Å²) in [5.41, 5.74) is 0.261. The number of allylic oxidation sites excluding steroid dienone is 4. The van der Waals surface area contributed by atoms with Gasteiger partial charge in [-0.3, -0.25) is 9.59 Å². The average molecular weight is 658 g/mol. The summed E-state index contributed by atoms with van der Waals surface area (Å²) in [7, 11) is 0. The zero-order valence-corrected chi connectivity index (χ0v) is 30.3. The molecular formula is C30H55BrCl3MgO2+3. The van der Waals surface area contributed by atoms with Crippen LogP contribution in [0.25, 0.3) is 0 Å². The molecule has 0 aromatic carbocycles. The van der Waals surface area contributed by atoms with Gasteiger partial charge in [0.05, 0.1) is 17.7 Å². The topological polar surface area (TPSA) is 34.1 Å². The molecule has 2 aliphatic rings. The van der Waals surface area contributed by atoms with Crippen molar-refractivity contribution in [2.45, 2.75) is 93.9 Å². The summed E-state index contributed by atoms with van der Waals surface area (Å²) in [6.07, 6.45) is 14.5. The van der Waals surface area contributed by atoms with E-state index in [1.54, 1.807) is 6.92 Å². The molecule has 2 aliphatic carbocycles. The van der Waals surface area contributed by atoms with Gasteiger partial charge in [0, 0.05) is 24.1 Å². The number of alkyl halides is 3. The summed E-state index contributed by atoms with van der Waals surface area (Å²) in [6.45, 7) is 20.4. The summed E-state index contributed by atoms with van der Waals surface area (Å²) in [4.78, 5) is 23.5. The van der Waals surface area contributed by atoms with Crippen LogP contribution in [0.4, 0.5) is 0 Å². The molecule has 0 saturated carbocycles. The Hall–Kier alpha value is 0.936. The minimum atomic E-state index is 0. The number of hydrogen-bond donors (Lipinski definition) is 0. The fourth-order valence-corrected chi connectivity index (χ4v) is 5.25. The SMILES string of the molecule is CC(=O)C1C(C)C=CCC1(C)C.CC1C=CCC(C)(C)C1C(=O)CCCCl.[CH2-]CCC.[ClH+]CCBr.[ClH2+].[Mg+2]. The first-order chi connectivity index (χ1) is 16.3. The molecule has 0 saturated heterocycles. The molecule has 2 nitrogen and oxygen atoms in total. The third-order valence-corrected chi connectivity index (χ3v) is 8.07. The van der Waals surface area contributed by atoms with E-state index in [1.165, 1.54) is 6.42 Å². The number of carbonyl (C=O) groups is 2. The Labute approximate surface area is 270 Å². The van der Waals surface area contributed by atoms with Gasteiger partial charge in [0.1, 0.15) is 23.2 Å². The van der Waals surface area contributed by atoms with Gasteiger partial charge in [-0.15, -0.1) is 11.6 Å². The summed E-state index contributed by atoms with van der Waals surface area (Å²) >= 11 is 13.3. The largest absolute Gasteiger partial charge is 2.00 e. The predicted molar refractivity (Wildman–Crippen MR) is 165 cm³/mol. The predicted octanol–water partition coefficient (Wildman–Crippen LogP) is 7.99. The molecule has 0 amide bonds. The molecule has 4 unspecified atom stereocenters. The van der Waals surface area contributed by atoms with Crippen LogP contribution in [0.2, 0.25) is 0 Å². The monoisotopic (exact) mass is 655 g/mol. The number of rotatable bonds is 7. The molecule has 0 heterocycles. The molecule has 0 aliphatic heterocycles. The van der Waals surface area contributed by atoms with E-state index < -0.39 is 0 Å². The first-order valence-electron chi connectivity index (χ1n) is 13.1. The summed E-state index contributed by atoms with van der Waals surface area (Å²) in [6, 6.07) is 0. The number of ketones is 2. The Bertz CT molecular complexity index is 643. The van der Waals surface area contributed by atoms with Crippen molar-refractivity contribution in [1.29, 1.82) is 0 Å². The van der Waals surface area contributed by atoms with Gasteiger partial charge in [-0.25, -0.2) is 0 Å². The van der Waals surface area contributed by atoms with Crippen LogP contribution in [-0.2, 0) is 9.59 Å². The van der Waals surface area contributed by atoms with E-state index in [-0.39, 0.29) is 58.1 Å². The number of unbranched alkanes of at least 4 members (excludes halogenated alkanes) is 1. The normalized spacial score (nSPS) is 24.2. The van der Waals surface area contributed by atoms with Gasteiger partial charge in [-0.05, 0) is 48.9 Å². The van der Waals surface area contributed by atoms with E-state index in [0.29, 0.717) is 35.7 Å². The quantitative estimate of drug-likeness (QED) is 0.120. The Balaban J connectivity index is -0.000000222. The van der Waals surface area contributed by atoms with Gasteiger partial charge in [-0.1, -0.05) is 95.1 Å². The summed E-state index contributed by atoms with van der Waals surface area (Å²) in [5.74, 6) is 3.29. The van der Waals surface area contributed by atoms with Crippen molar-refractivity contribution in [1.82, 2.24) is 0 Å². The molecule has 214 valence electrons. The number of Topliss-reactive ketones (excluding diaryl/α,β-unsaturated/α-hetero) is 2. The fourth-order valence-electron chi connectivity index (χ4n) is 5.12. The van der Waals surface area contributed by atoms with E-state index in [0.717, 1.165) is 36.9 Å². The van der Waals surface area contributed by atoms with E-state index >= 15 is 0 Å². The molecule has 0 fully saturated rings. The van der Waals surface area contributed by atoms with Crippen molar-refractivity contribution >= 4 is 62.2 Å². The van der Waals surface area contributed by atoms with Crippen molar-refractivity contribution < 1.29 is 33.6 Å². The van der Waals surface area contributed by atoms with E-state index in [1.807, 2.05) is 0 Å². The maximum absolute atomic E-state index is 12.1. The molecule has 7 heteroatoms. The summed E-state index contributed by atoms with van der Waals surface area (Å²) in [5, 5.41) is 0.947. The average Bonchev–Trinajstić information content (AvgIpc) is 2.76. The van der Waals surface area contributed by atoms with Gasteiger partial charge in [0.25, 0.3) is 0 Å². The molecule has 0 aromatic rings. The van der Waals surface area contributed by atoms with E-state index in [9.17, 15) is 9.59 Å². The van der Waals surface area contributed by atoms with Crippen molar-refractivity contribution in [2.75, 3.05) is 17.1 Å². The van der Waals surface area contributed by atoms with Crippen molar-refractivity contribution in [3.63, 3.8) is 0 Å². The maximum Gasteiger partial charge on any atom is 2.00 e. The number of hydrogen-bond acceptors (Lipinski definition) is 2. The van der Waals surface area contributed by atoms with E-state index in [2.05, 4.69) is 107 Å². The minimum absolute atomic E-state index is 0. The Morgan fingerprint density at radius 3 is 1.65 bits per heavy atom. The second kappa shape index (κ2) is 24.7. The molecule has 0 N–H and O–H groups in total. The van der Waals surface area contributed by atoms with Gasteiger partial charge in [0.15, 0.2) is 5.88 Å².